The van der Waals surface area contributed by atoms with Gasteiger partial charge in [-0.3, -0.25) is 15.5 Å². The number of para-hydroxylation sites is 2. The first kappa shape index (κ1) is 18.8. The van der Waals surface area contributed by atoms with Gasteiger partial charge in [-0.15, -0.1) is 0 Å². The Labute approximate surface area is 158 Å². The number of hydrazone groups is 1. The summed E-state index contributed by atoms with van der Waals surface area (Å²) in [6, 6.07) is 12.5. The number of rotatable bonds is 7. The Morgan fingerprint density at radius 1 is 1.26 bits per heavy atom. The number of benzene rings is 2. The van der Waals surface area contributed by atoms with Gasteiger partial charge in [-0.25, -0.2) is 0 Å². The molecule has 2 aromatic carbocycles. The Morgan fingerprint density at radius 2 is 2.00 bits per heavy atom. The Morgan fingerprint density at radius 3 is 2.70 bits per heavy atom. The maximum atomic E-state index is 11.1. The molecule has 0 amide bonds. The molecule has 2 aromatic rings. The van der Waals surface area contributed by atoms with Crippen molar-refractivity contribution in [2.75, 3.05) is 25.6 Å². The molecule has 0 bridgehead atoms. The van der Waals surface area contributed by atoms with Gasteiger partial charge in [0, 0.05) is 24.5 Å². The fraction of sp³-hybridized carbons (Fsp3) is 0.350. The van der Waals surface area contributed by atoms with Crippen molar-refractivity contribution in [1.29, 1.82) is 0 Å². The van der Waals surface area contributed by atoms with Crippen molar-refractivity contribution >= 4 is 17.1 Å². The summed E-state index contributed by atoms with van der Waals surface area (Å²) in [5, 5.41) is 15.5. The van der Waals surface area contributed by atoms with Crippen LogP contribution in [0.5, 0.6) is 5.75 Å². The summed E-state index contributed by atoms with van der Waals surface area (Å²) in [6.07, 6.45) is 2.55. The fourth-order valence-corrected chi connectivity index (χ4v) is 3.40. The number of nitrogens with zero attached hydrogens (tertiary/aromatic N) is 2. The molecule has 1 fully saturated rings. The van der Waals surface area contributed by atoms with Gasteiger partial charge in [-0.2, -0.15) is 5.10 Å². The second-order valence-electron chi connectivity index (χ2n) is 6.74. The van der Waals surface area contributed by atoms with Gasteiger partial charge in [-0.1, -0.05) is 12.1 Å². The number of nitrogens with one attached hydrogen (secondary N) is 2. The molecule has 0 saturated carbocycles. The van der Waals surface area contributed by atoms with Crippen LogP contribution in [0.3, 0.4) is 0 Å². The molecular formula is C20H25N4O3+. The van der Waals surface area contributed by atoms with E-state index in [1.54, 1.807) is 30.2 Å². The Kier molecular flexibility index (Phi) is 6.03. The van der Waals surface area contributed by atoms with E-state index in [1.807, 2.05) is 19.1 Å². The van der Waals surface area contributed by atoms with Gasteiger partial charge >= 0.3 is 0 Å². The lowest BCUT2D eigenvalue weighted by atomic mass is 10.1. The lowest BCUT2D eigenvalue weighted by Gasteiger charge is -2.15. The molecule has 1 saturated heterocycles. The molecule has 0 radical (unpaired) electrons. The van der Waals surface area contributed by atoms with Gasteiger partial charge in [0.2, 0.25) is 0 Å². The smallest absolute Gasteiger partial charge is 0.294 e. The highest BCUT2D eigenvalue weighted by Crippen LogP contribution is 2.24. The lowest BCUT2D eigenvalue weighted by molar-refractivity contribution is -0.901. The number of anilines is 1. The zero-order valence-electron chi connectivity index (χ0n) is 15.7. The molecule has 7 heteroatoms. The molecule has 142 valence electrons. The maximum Gasteiger partial charge on any atom is 0.294 e. The van der Waals surface area contributed by atoms with Crippen LogP contribution in [-0.4, -0.2) is 30.8 Å². The van der Waals surface area contributed by atoms with E-state index < -0.39 is 4.92 Å². The zero-order valence-corrected chi connectivity index (χ0v) is 15.7. The standard InChI is InChI=1S/C20H24N4O3/c1-15(21-22-18-7-3-4-8-19(18)24(25)26)16-9-10-20(27-2)17(13-16)14-23-11-5-6-12-23/h3-4,7-10,13,22H,5-6,11-12,14H2,1-2H3/p+1/b21-15-. The van der Waals surface area contributed by atoms with Crippen LogP contribution in [-0.2, 0) is 6.54 Å². The number of nitro benzene ring substituents is 1. The van der Waals surface area contributed by atoms with Crippen LogP contribution in [0.25, 0.3) is 0 Å². The molecule has 27 heavy (non-hydrogen) atoms. The minimum absolute atomic E-state index is 0.00195. The van der Waals surface area contributed by atoms with Crippen molar-refractivity contribution in [1.82, 2.24) is 0 Å². The molecule has 2 N–H and O–H groups in total. The van der Waals surface area contributed by atoms with Gasteiger partial charge in [0.15, 0.2) is 0 Å². The van der Waals surface area contributed by atoms with E-state index in [2.05, 4.69) is 16.6 Å². The average molecular weight is 369 g/mol. The van der Waals surface area contributed by atoms with Crippen LogP contribution >= 0.6 is 0 Å². The summed E-state index contributed by atoms with van der Waals surface area (Å²) in [6.45, 7) is 5.21. The van der Waals surface area contributed by atoms with E-state index in [-0.39, 0.29) is 5.69 Å². The predicted molar refractivity (Wildman–Crippen MR) is 106 cm³/mol. The summed E-state index contributed by atoms with van der Waals surface area (Å²) in [5.41, 5.74) is 6.08. The predicted octanol–water partition coefficient (Wildman–Crippen LogP) is 2.62. The van der Waals surface area contributed by atoms with Crippen molar-refractivity contribution in [2.24, 2.45) is 5.10 Å². The minimum atomic E-state index is -0.419. The minimum Gasteiger partial charge on any atom is -0.496 e. The summed E-state index contributed by atoms with van der Waals surface area (Å²) >= 11 is 0. The molecule has 0 aromatic heterocycles. The van der Waals surface area contributed by atoms with Crippen LogP contribution in [0.15, 0.2) is 47.6 Å². The molecule has 1 aliphatic heterocycles. The number of methoxy groups -OCH3 is 1. The normalized spacial score (nSPS) is 15.0. The molecule has 0 unspecified atom stereocenters. The third-order valence-electron chi connectivity index (χ3n) is 4.89. The second-order valence-corrected chi connectivity index (χ2v) is 6.74. The fourth-order valence-electron chi connectivity index (χ4n) is 3.40. The quantitative estimate of drug-likeness (QED) is 0.447. The summed E-state index contributed by atoms with van der Waals surface area (Å²) in [5.74, 6) is 0.887. The van der Waals surface area contributed by atoms with Crippen LogP contribution in [0, 0.1) is 10.1 Å². The molecule has 0 spiro atoms. The molecular weight excluding hydrogens is 344 g/mol. The van der Waals surface area contributed by atoms with Crippen LogP contribution in [0.4, 0.5) is 11.4 Å². The van der Waals surface area contributed by atoms with Gasteiger partial charge in [0.05, 0.1) is 30.8 Å². The number of quaternary nitrogens is 1. The van der Waals surface area contributed by atoms with Crippen molar-refractivity contribution in [3.8, 4) is 5.75 Å². The van der Waals surface area contributed by atoms with Crippen molar-refractivity contribution < 1.29 is 14.6 Å². The van der Waals surface area contributed by atoms with Crippen LogP contribution < -0.4 is 15.1 Å². The highest BCUT2D eigenvalue weighted by atomic mass is 16.6. The molecule has 7 nitrogen and oxygen atoms in total. The first-order valence-electron chi connectivity index (χ1n) is 9.13. The van der Waals surface area contributed by atoms with E-state index in [0.717, 1.165) is 29.1 Å². The number of ether oxygens (including phenoxy) is 1. The first-order chi connectivity index (χ1) is 13.1. The number of hydrogen-bond donors (Lipinski definition) is 2. The van der Waals surface area contributed by atoms with Crippen LogP contribution in [0.2, 0.25) is 0 Å². The summed E-state index contributed by atoms with van der Waals surface area (Å²) in [4.78, 5) is 12.3. The topological polar surface area (TPSA) is 81.2 Å². The van der Waals surface area contributed by atoms with Gasteiger partial charge in [-0.05, 0) is 36.8 Å². The summed E-state index contributed by atoms with van der Waals surface area (Å²) < 4.78 is 5.52. The van der Waals surface area contributed by atoms with E-state index in [4.69, 9.17) is 4.74 Å². The molecule has 1 heterocycles. The number of hydrogen-bond acceptors (Lipinski definition) is 5. The number of nitro groups is 1. The summed E-state index contributed by atoms with van der Waals surface area (Å²) in [7, 11) is 1.69. The van der Waals surface area contributed by atoms with Crippen molar-refractivity contribution in [3.63, 3.8) is 0 Å². The van der Waals surface area contributed by atoms with Gasteiger partial charge in [0.25, 0.3) is 5.69 Å². The lowest BCUT2D eigenvalue weighted by Crippen LogP contribution is -3.08. The van der Waals surface area contributed by atoms with E-state index >= 15 is 0 Å². The largest absolute Gasteiger partial charge is 0.496 e. The Hall–Kier alpha value is -2.93. The second kappa shape index (κ2) is 8.64. The molecule has 0 atom stereocenters. The SMILES string of the molecule is COc1ccc(/C(C)=N\Nc2ccccc2[N+](=O)[O-])cc1C[NH+]1CCCC1. The molecule has 3 rings (SSSR count). The monoisotopic (exact) mass is 369 g/mol. The van der Waals surface area contributed by atoms with Crippen molar-refractivity contribution in [3.05, 3.63) is 63.7 Å². The highest BCUT2D eigenvalue weighted by molar-refractivity contribution is 5.99. The zero-order chi connectivity index (χ0) is 19.2. The van der Waals surface area contributed by atoms with Crippen molar-refractivity contribution in [2.45, 2.75) is 26.3 Å². The van der Waals surface area contributed by atoms with Gasteiger partial charge < -0.3 is 9.64 Å². The van der Waals surface area contributed by atoms with E-state index in [0.29, 0.717) is 5.69 Å². The maximum absolute atomic E-state index is 11.1. The van der Waals surface area contributed by atoms with E-state index in [1.165, 1.54) is 32.0 Å². The third kappa shape index (κ3) is 4.62. The molecule has 1 aliphatic rings. The first-order valence-corrected chi connectivity index (χ1v) is 9.13. The van der Waals surface area contributed by atoms with Crippen LogP contribution in [0.1, 0.15) is 30.9 Å². The number of likely N-dealkylation sites (tertiary alicyclic amines) is 1. The highest BCUT2D eigenvalue weighted by Gasteiger charge is 2.18. The van der Waals surface area contributed by atoms with E-state index in [9.17, 15) is 10.1 Å². The third-order valence-corrected chi connectivity index (χ3v) is 4.89. The Balaban J connectivity index is 1.80. The average Bonchev–Trinajstić information content (AvgIpc) is 3.19. The van der Waals surface area contributed by atoms with Gasteiger partial charge in [0.1, 0.15) is 18.0 Å². The Bertz CT molecular complexity index is 845. The molecule has 0 aliphatic carbocycles.